The molecule has 170 valence electrons. The Labute approximate surface area is 197 Å². The van der Waals surface area contributed by atoms with Crippen LogP contribution < -0.4 is 16.4 Å². The van der Waals surface area contributed by atoms with Crippen molar-refractivity contribution in [2.24, 2.45) is 0 Å². The summed E-state index contributed by atoms with van der Waals surface area (Å²) < 4.78 is 5.38. The molecule has 1 heterocycles. The van der Waals surface area contributed by atoms with Gasteiger partial charge in [0.2, 0.25) is 0 Å². The monoisotopic (exact) mass is 452 g/mol. The largest absolute Gasteiger partial charge is 0.445 e. The number of para-hydroxylation sites is 2. The number of carbonyl (C=O) groups excluding carboxylic acids is 2. The van der Waals surface area contributed by atoms with Gasteiger partial charge in [-0.25, -0.2) is 4.79 Å². The van der Waals surface area contributed by atoms with Gasteiger partial charge in [-0.1, -0.05) is 60.7 Å². The van der Waals surface area contributed by atoms with E-state index in [0.29, 0.717) is 16.9 Å². The van der Waals surface area contributed by atoms with E-state index >= 15 is 0 Å². The number of nitrogens with two attached hydrogens (primary N) is 1. The highest BCUT2D eigenvalue weighted by molar-refractivity contribution is 6.05. The van der Waals surface area contributed by atoms with Crippen LogP contribution >= 0.6 is 0 Å². The van der Waals surface area contributed by atoms with Crippen LogP contribution in [0.3, 0.4) is 0 Å². The molecule has 4 aromatic rings. The zero-order chi connectivity index (χ0) is 23.8. The second-order valence-corrected chi connectivity index (χ2v) is 7.59. The number of rotatable bonds is 7. The smallest absolute Gasteiger partial charge is 0.408 e. The van der Waals surface area contributed by atoms with E-state index in [2.05, 4.69) is 15.6 Å². The molecule has 0 aliphatic heterocycles. The Morgan fingerprint density at radius 1 is 0.853 bits per heavy atom. The summed E-state index contributed by atoms with van der Waals surface area (Å²) in [5.74, 6) is -0.274. The molecule has 0 aliphatic rings. The minimum absolute atomic E-state index is 0.114. The first-order valence-corrected chi connectivity index (χ1v) is 10.7. The molecule has 34 heavy (non-hydrogen) atoms. The highest BCUT2D eigenvalue weighted by Crippen LogP contribution is 2.24. The fraction of sp³-hybridized carbons (Fsp3) is 0.0741. The van der Waals surface area contributed by atoms with Crippen molar-refractivity contribution in [3.8, 4) is 0 Å². The van der Waals surface area contributed by atoms with E-state index in [1.165, 1.54) is 0 Å². The molecule has 0 radical (unpaired) electrons. The van der Waals surface area contributed by atoms with Gasteiger partial charge in [0.1, 0.15) is 6.61 Å². The molecular weight excluding hydrogens is 428 g/mol. The quantitative estimate of drug-likeness (QED) is 0.345. The molecule has 0 bridgehead atoms. The number of aromatic nitrogens is 1. The molecule has 7 heteroatoms. The second-order valence-electron chi connectivity index (χ2n) is 7.59. The van der Waals surface area contributed by atoms with Crippen LogP contribution in [0.25, 0.3) is 0 Å². The van der Waals surface area contributed by atoms with Gasteiger partial charge in [0, 0.05) is 23.5 Å². The highest BCUT2D eigenvalue weighted by atomic mass is 16.5. The predicted molar refractivity (Wildman–Crippen MR) is 131 cm³/mol. The Kier molecular flexibility index (Phi) is 7.15. The zero-order valence-electron chi connectivity index (χ0n) is 18.3. The number of benzene rings is 3. The standard InChI is InChI=1S/C27H24N4O3/c28-23-10-4-5-11-24(23)30-26(32)22-14-12-21(13-15-22)25(20-8-2-1-3-9-20)31-27(33)34-18-19-7-6-16-29-17-19/h1-17,25H,18,28H2,(H,30,32)(H,31,33)/t25-/m0/s1. The number of nitrogens with one attached hydrogen (secondary N) is 2. The fourth-order valence-corrected chi connectivity index (χ4v) is 3.43. The van der Waals surface area contributed by atoms with E-state index in [9.17, 15) is 9.59 Å². The molecule has 0 spiro atoms. The molecule has 1 aromatic heterocycles. The molecule has 7 nitrogen and oxygen atoms in total. The van der Waals surface area contributed by atoms with Crippen LogP contribution in [0.5, 0.6) is 0 Å². The van der Waals surface area contributed by atoms with Crippen LogP contribution in [0.15, 0.2) is 103 Å². The van der Waals surface area contributed by atoms with E-state index in [0.717, 1.165) is 16.7 Å². The summed E-state index contributed by atoms with van der Waals surface area (Å²) in [4.78, 5) is 29.2. The topological polar surface area (TPSA) is 106 Å². The van der Waals surface area contributed by atoms with E-state index < -0.39 is 12.1 Å². The number of anilines is 2. The number of nitrogen functional groups attached to an aromatic ring is 1. The van der Waals surface area contributed by atoms with E-state index in [-0.39, 0.29) is 12.5 Å². The van der Waals surface area contributed by atoms with Crippen molar-refractivity contribution in [1.29, 1.82) is 0 Å². The number of pyridine rings is 1. The number of nitrogens with zero attached hydrogens (tertiary/aromatic N) is 1. The maximum absolute atomic E-state index is 12.7. The molecule has 1 atom stereocenters. The molecular formula is C27H24N4O3. The number of hydrogen-bond acceptors (Lipinski definition) is 5. The van der Waals surface area contributed by atoms with E-state index in [1.807, 2.05) is 48.5 Å². The first-order chi connectivity index (χ1) is 16.6. The van der Waals surface area contributed by atoms with Crippen molar-refractivity contribution in [1.82, 2.24) is 10.3 Å². The molecule has 0 saturated carbocycles. The van der Waals surface area contributed by atoms with Gasteiger partial charge in [0.25, 0.3) is 5.91 Å². The summed E-state index contributed by atoms with van der Waals surface area (Å²) in [5.41, 5.74) is 9.91. The van der Waals surface area contributed by atoms with Crippen molar-refractivity contribution in [3.63, 3.8) is 0 Å². The van der Waals surface area contributed by atoms with Crippen LogP contribution in [0.2, 0.25) is 0 Å². The highest BCUT2D eigenvalue weighted by Gasteiger charge is 2.18. The Morgan fingerprint density at radius 3 is 2.26 bits per heavy atom. The number of carbonyl (C=O) groups is 2. The molecule has 4 N–H and O–H groups in total. The maximum atomic E-state index is 12.7. The number of hydrogen-bond donors (Lipinski definition) is 3. The molecule has 0 fully saturated rings. The molecule has 0 aliphatic carbocycles. The van der Waals surface area contributed by atoms with Gasteiger partial charge < -0.3 is 21.1 Å². The minimum Gasteiger partial charge on any atom is -0.445 e. The Hall–Kier alpha value is -4.65. The normalized spacial score (nSPS) is 11.3. The van der Waals surface area contributed by atoms with Gasteiger partial charge in [-0.2, -0.15) is 0 Å². The van der Waals surface area contributed by atoms with Crippen molar-refractivity contribution >= 4 is 23.4 Å². The van der Waals surface area contributed by atoms with Gasteiger partial charge in [-0.3, -0.25) is 9.78 Å². The lowest BCUT2D eigenvalue weighted by atomic mass is 9.97. The van der Waals surface area contributed by atoms with Crippen LogP contribution in [-0.2, 0) is 11.3 Å². The summed E-state index contributed by atoms with van der Waals surface area (Å²) in [6.07, 6.45) is 2.75. The van der Waals surface area contributed by atoms with Crippen molar-refractivity contribution in [2.75, 3.05) is 11.1 Å². The van der Waals surface area contributed by atoms with Crippen molar-refractivity contribution in [3.05, 3.63) is 126 Å². The molecule has 2 amide bonds. The summed E-state index contributed by atoms with van der Waals surface area (Å²) in [5, 5.41) is 5.73. The lowest BCUT2D eigenvalue weighted by Crippen LogP contribution is -2.30. The molecule has 4 rings (SSSR count). The third-order valence-corrected chi connectivity index (χ3v) is 5.20. The first-order valence-electron chi connectivity index (χ1n) is 10.7. The lowest BCUT2D eigenvalue weighted by Gasteiger charge is -2.20. The SMILES string of the molecule is Nc1ccccc1NC(=O)c1ccc([C@@H](NC(=O)OCc2cccnc2)c2ccccc2)cc1. The van der Waals surface area contributed by atoms with Crippen LogP contribution in [0, 0.1) is 0 Å². The Bertz CT molecular complexity index is 1250. The third kappa shape index (κ3) is 5.77. The van der Waals surface area contributed by atoms with Crippen molar-refractivity contribution in [2.45, 2.75) is 12.6 Å². The summed E-state index contributed by atoms with van der Waals surface area (Å²) in [6.45, 7) is 0.114. The summed E-state index contributed by atoms with van der Waals surface area (Å²) >= 11 is 0. The third-order valence-electron chi connectivity index (χ3n) is 5.20. The van der Waals surface area contributed by atoms with Gasteiger partial charge >= 0.3 is 6.09 Å². The van der Waals surface area contributed by atoms with Crippen LogP contribution in [0.4, 0.5) is 16.2 Å². The zero-order valence-corrected chi connectivity index (χ0v) is 18.3. The predicted octanol–water partition coefficient (Wildman–Crippen LogP) is 4.93. The van der Waals surface area contributed by atoms with Gasteiger partial charge in [-0.05, 0) is 41.5 Å². The summed E-state index contributed by atoms with van der Waals surface area (Å²) in [6, 6.07) is 26.8. The van der Waals surface area contributed by atoms with Gasteiger partial charge in [0.05, 0.1) is 17.4 Å². The Balaban J connectivity index is 1.48. The van der Waals surface area contributed by atoms with Gasteiger partial charge in [-0.15, -0.1) is 0 Å². The first kappa shape index (κ1) is 22.5. The number of alkyl carbamates (subject to hydrolysis) is 1. The molecule has 0 saturated heterocycles. The van der Waals surface area contributed by atoms with Crippen LogP contribution in [-0.4, -0.2) is 17.0 Å². The average Bonchev–Trinajstić information content (AvgIpc) is 2.88. The molecule has 0 unspecified atom stereocenters. The van der Waals surface area contributed by atoms with Crippen LogP contribution in [0.1, 0.15) is 33.1 Å². The number of amides is 2. The number of ether oxygens (including phenoxy) is 1. The Morgan fingerprint density at radius 2 is 1.56 bits per heavy atom. The fourth-order valence-electron chi connectivity index (χ4n) is 3.43. The second kappa shape index (κ2) is 10.8. The van der Waals surface area contributed by atoms with Gasteiger partial charge in [0.15, 0.2) is 0 Å². The van der Waals surface area contributed by atoms with Crippen molar-refractivity contribution < 1.29 is 14.3 Å². The van der Waals surface area contributed by atoms with E-state index in [1.54, 1.807) is 54.9 Å². The minimum atomic E-state index is -0.556. The maximum Gasteiger partial charge on any atom is 0.408 e. The summed E-state index contributed by atoms with van der Waals surface area (Å²) in [7, 11) is 0. The lowest BCUT2D eigenvalue weighted by molar-refractivity contribution is 0.102. The van der Waals surface area contributed by atoms with E-state index in [4.69, 9.17) is 10.5 Å². The molecule has 3 aromatic carbocycles. The average molecular weight is 453 g/mol.